The Bertz CT molecular complexity index is 958. The highest BCUT2D eigenvalue weighted by molar-refractivity contribution is 7.92. The molecule has 0 saturated carbocycles. The van der Waals surface area contributed by atoms with Gasteiger partial charge in [-0.25, -0.2) is 8.42 Å². The molecule has 0 aliphatic carbocycles. The van der Waals surface area contributed by atoms with Gasteiger partial charge in [-0.2, -0.15) is 0 Å². The van der Waals surface area contributed by atoms with Gasteiger partial charge < -0.3 is 14.9 Å². The van der Waals surface area contributed by atoms with Crippen molar-refractivity contribution < 1.29 is 23.4 Å². The van der Waals surface area contributed by atoms with Gasteiger partial charge in [-0.1, -0.05) is 31.2 Å². The molecule has 2 bridgehead atoms. The Balaban J connectivity index is 1.88. The third-order valence-electron chi connectivity index (χ3n) is 5.21. The smallest absolute Gasteiger partial charge is 0.155 e. The maximum Gasteiger partial charge on any atom is 0.155 e. The van der Waals surface area contributed by atoms with E-state index in [9.17, 15) is 18.6 Å². The average molecular weight is 372 g/mol. The molecular formula is C20H20O5S. The van der Waals surface area contributed by atoms with Crippen LogP contribution in [0.4, 0.5) is 0 Å². The number of phenolic OH excluding ortho intramolecular Hbond substituents is 2. The molecule has 136 valence electrons. The van der Waals surface area contributed by atoms with Crippen LogP contribution in [0.15, 0.2) is 48.5 Å². The third kappa shape index (κ3) is 2.70. The number of phenols is 2. The molecule has 2 heterocycles. The second kappa shape index (κ2) is 6.14. The van der Waals surface area contributed by atoms with E-state index >= 15 is 0 Å². The molecule has 6 heteroatoms. The predicted molar refractivity (Wildman–Crippen MR) is 99.6 cm³/mol. The second-order valence-electron chi connectivity index (χ2n) is 6.69. The standard InChI is InChI=1S/C20H20O5S/c1-2-26(23,24)17-11-16-18(12-3-7-14(21)8-4-12)19(20(17)25-16)13-5-9-15(22)10-6-13/h3-10,16-17,20-22H,2,11H2,1H3/t16-,17+,20+/m1/s1. The summed E-state index contributed by atoms with van der Waals surface area (Å²) in [5.74, 6) is 0.417. The number of benzene rings is 2. The lowest BCUT2D eigenvalue weighted by molar-refractivity contribution is 0.128. The number of aromatic hydroxyl groups is 2. The first-order valence-electron chi connectivity index (χ1n) is 8.60. The van der Waals surface area contributed by atoms with Crippen molar-refractivity contribution in [1.29, 1.82) is 0 Å². The van der Waals surface area contributed by atoms with Gasteiger partial charge in [-0.3, -0.25) is 0 Å². The van der Waals surface area contributed by atoms with Crippen molar-refractivity contribution in [1.82, 2.24) is 0 Å². The lowest BCUT2D eigenvalue weighted by Gasteiger charge is -2.24. The summed E-state index contributed by atoms with van der Waals surface area (Å²) in [6.07, 6.45) is -0.364. The Kier molecular flexibility index (Phi) is 4.04. The Hall–Kier alpha value is -2.31. The van der Waals surface area contributed by atoms with Crippen LogP contribution in [0.2, 0.25) is 0 Å². The fraction of sp³-hybridized carbons (Fsp3) is 0.300. The maximum absolute atomic E-state index is 12.5. The molecule has 4 rings (SSSR count). The van der Waals surface area contributed by atoms with Crippen LogP contribution in [0, 0.1) is 0 Å². The summed E-state index contributed by atoms with van der Waals surface area (Å²) < 4.78 is 31.2. The van der Waals surface area contributed by atoms with Crippen LogP contribution in [0.3, 0.4) is 0 Å². The summed E-state index contributed by atoms with van der Waals surface area (Å²) >= 11 is 0. The summed E-state index contributed by atoms with van der Waals surface area (Å²) in [7, 11) is -3.24. The van der Waals surface area contributed by atoms with Gasteiger partial charge in [0.1, 0.15) is 17.6 Å². The molecular weight excluding hydrogens is 352 g/mol. The van der Waals surface area contributed by atoms with Crippen molar-refractivity contribution in [2.24, 2.45) is 0 Å². The minimum absolute atomic E-state index is 0.0850. The van der Waals surface area contributed by atoms with Crippen LogP contribution in [0.5, 0.6) is 11.5 Å². The highest BCUT2D eigenvalue weighted by atomic mass is 32.2. The Morgan fingerprint density at radius 2 is 1.42 bits per heavy atom. The first-order valence-corrected chi connectivity index (χ1v) is 10.3. The summed E-state index contributed by atoms with van der Waals surface area (Å²) in [6, 6.07) is 13.6. The molecule has 2 aliphatic heterocycles. The van der Waals surface area contributed by atoms with Gasteiger partial charge >= 0.3 is 0 Å². The minimum Gasteiger partial charge on any atom is -0.508 e. The molecule has 2 N–H and O–H groups in total. The zero-order valence-electron chi connectivity index (χ0n) is 14.3. The van der Waals surface area contributed by atoms with E-state index in [2.05, 4.69) is 0 Å². The number of fused-ring (bicyclic) bond motifs is 2. The molecule has 2 aliphatic rings. The zero-order chi connectivity index (χ0) is 18.5. The van der Waals surface area contributed by atoms with Crippen molar-refractivity contribution in [3.05, 3.63) is 59.7 Å². The van der Waals surface area contributed by atoms with Crippen LogP contribution in [0.1, 0.15) is 24.5 Å². The number of ether oxygens (including phenoxy) is 1. The van der Waals surface area contributed by atoms with Crippen LogP contribution in [-0.4, -0.2) is 41.8 Å². The van der Waals surface area contributed by atoms with Gasteiger partial charge in [0.25, 0.3) is 0 Å². The monoisotopic (exact) mass is 372 g/mol. The van der Waals surface area contributed by atoms with Gasteiger partial charge in [-0.05, 0) is 53.0 Å². The van der Waals surface area contributed by atoms with Crippen molar-refractivity contribution >= 4 is 21.0 Å². The van der Waals surface area contributed by atoms with E-state index in [4.69, 9.17) is 4.74 Å². The maximum atomic E-state index is 12.5. The van der Waals surface area contributed by atoms with E-state index in [0.29, 0.717) is 6.42 Å². The van der Waals surface area contributed by atoms with Gasteiger partial charge in [0, 0.05) is 5.75 Å². The van der Waals surface area contributed by atoms with E-state index < -0.39 is 21.2 Å². The van der Waals surface area contributed by atoms with Crippen LogP contribution in [0.25, 0.3) is 11.1 Å². The van der Waals surface area contributed by atoms with Crippen LogP contribution in [-0.2, 0) is 14.6 Å². The molecule has 2 aromatic carbocycles. The summed E-state index contributed by atoms with van der Waals surface area (Å²) in [6.45, 7) is 1.66. The average Bonchev–Trinajstić information content (AvgIpc) is 3.22. The van der Waals surface area contributed by atoms with Crippen LogP contribution < -0.4 is 0 Å². The van der Waals surface area contributed by atoms with Crippen molar-refractivity contribution in [2.75, 3.05) is 5.75 Å². The van der Waals surface area contributed by atoms with Crippen molar-refractivity contribution in [2.45, 2.75) is 30.8 Å². The molecule has 0 aromatic heterocycles. The quantitative estimate of drug-likeness (QED) is 0.862. The predicted octanol–water partition coefficient (Wildman–Crippen LogP) is 2.98. The molecule has 26 heavy (non-hydrogen) atoms. The molecule has 5 nitrogen and oxygen atoms in total. The lowest BCUT2D eigenvalue weighted by atomic mass is 9.83. The van der Waals surface area contributed by atoms with E-state index in [1.54, 1.807) is 43.3 Å². The molecule has 1 saturated heterocycles. The number of hydrogen-bond donors (Lipinski definition) is 2. The first kappa shape index (κ1) is 17.1. The minimum atomic E-state index is -3.24. The fourth-order valence-corrected chi connectivity index (χ4v) is 5.39. The molecule has 0 unspecified atom stereocenters. The van der Waals surface area contributed by atoms with Crippen molar-refractivity contribution in [3.63, 3.8) is 0 Å². The lowest BCUT2D eigenvalue weighted by Crippen LogP contribution is -2.33. The molecule has 1 fully saturated rings. The second-order valence-corrected chi connectivity index (χ2v) is 9.20. The van der Waals surface area contributed by atoms with E-state index in [-0.39, 0.29) is 23.4 Å². The van der Waals surface area contributed by atoms with Crippen molar-refractivity contribution in [3.8, 4) is 11.5 Å². The van der Waals surface area contributed by atoms with Gasteiger partial charge in [0.2, 0.25) is 0 Å². The van der Waals surface area contributed by atoms with Crippen LogP contribution >= 0.6 is 0 Å². The van der Waals surface area contributed by atoms with Gasteiger partial charge in [0.15, 0.2) is 9.84 Å². The number of rotatable bonds is 4. The molecule has 0 amide bonds. The Morgan fingerprint density at radius 1 is 0.923 bits per heavy atom. The molecule has 2 aromatic rings. The molecule has 3 atom stereocenters. The summed E-state index contributed by atoms with van der Waals surface area (Å²) in [5, 5.41) is 18.6. The number of hydrogen-bond acceptors (Lipinski definition) is 5. The third-order valence-corrected chi connectivity index (χ3v) is 7.38. The van der Waals surface area contributed by atoms with Gasteiger partial charge in [-0.15, -0.1) is 0 Å². The Morgan fingerprint density at radius 3 is 1.92 bits per heavy atom. The first-order chi connectivity index (χ1) is 12.4. The Labute approximate surface area is 152 Å². The number of sulfone groups is 1. The van der Waals surface area contributed by atoms with Gasteiger partial charge in [0.05, 0.1) is 11.4 Å². The van der Waals surface area contributed by atoms with E-state index in [0.717, 1.165) is 22.3 Å². The van der Waals surface area contributed by atoms with E-state index in [1.165, 1.54) is 0 Å². The fourth-order valence-electron chi connectivity index (χ4n) is 3.91. The highest BCUT2D eigenvalue weighted by Gasteiger charge is 2.52. The van der Waals surface area contributed by atoms with E-state index in [1.807, 2.05) is 12.1 Å². The summed E-state index contributed by atoms with van der Waals surface area (Å²) in [4.78, 5) is 0. The topological polar surface area (TPSA) is 83.8 Å². The summed E-state index contributed by atoms with van der Waals surface area (Å²) in [5.41, 5.74) is 3.57. The normalized spacial score (nSPS) is 25.0. The zero-order valence-corrected chi connectivity index (χ0v) is 15.1. The highest BCUT2D eigenvalue weighted by Crippen LogP contribution is 2.50. The largest absolute Gasteiger partial charge is 0.508 e. The SMILES string of the molecule is CCS(=O)(=O)[C@H]1C[C@H]2O[C@@H]1C(c1ccc(O)cc1)=C2c1ccc(O)cc1. The molecule has 0 spiro atoms. The molecule has 0 radical (unpaired) electrons.